The largest absolute Gasteiger partial charge is 0.543 e. The first-order valence-corrected chi connectivity index (χ1v) is 13.9. The van der Waals surface area contributed by atoms with Crippen molar-refractivity contribution in [3.05, 3.63) is 65.9 Å². The van der Waals surface area contributed by atoms with Crippen LogP contribution in [0.1, 0.15) is 37.0 Å². The monoisotopic (exact) mass is 468 g/mol. The molecule has 4 rings (SSSR count). The average molecular weight is 469 g/mol. The van der Waals surface area contributed by atoms with Crippen LogP contribution in [-0.4, -0.2) is 35.5 Å². The van der Waals surface area contributed by atoms with E-state index < -0.39 is 14.1 Å². The summed E-state index contributed by atoms with van der Waals surface area (Å²) in [7, 11) is -1.89. The number of anilines is 1. The number of carbonyl (C=O) groups is 1. The molecular formula is C24H29FN4O3Si. The lowest BCUT2D eigenvalue weighted by Crippen LogP contribution is -2.43. The molecule has 1 aromatic carbocycles. The Balaban J connectivity index is 1.39. The molecule has 7 nitrogen and oxygen atoms in total. The van der Waals surface area contributed by atoms with Crippen LogP contribution < -0.4 is 14.1 Å². The number of pyridine rings is 1. The molecule has 1 aliphatic rings. The summed E-state index contributed by atoms with van der Waals surface area (Å²) in [5.74, 6) is 1.31. The van der Waals surface area contributed by atoms with Gasteiger partial charge in [-0.25, -0.2) is 9.37 Å². The van der Waals surface area contributed by atoms with Crippen molar-refractivity contribution >= 4 is 20.0 Å². The minimum atomic E-state index is -1.89. The van der Waals surface area contributed by atoms with E-state index in [1.54, 1.807) is 10.7 Å². The summed E-state index contributed by atoms with van der Waals surface area (Å²) >= 11 is 0. The van der Waals surface area contributed by atoms with Gasteiger partial charge in [-0.1, -0.05) is 20.8 Å². The quantitative estimate of drug-likeness (QED) is 0.474. The Morgan fingerprint density at radius 3 is 2.39 bits per heavy atom. The van der Waals surface area contributed by atoms with E-state index in [0.717, 1.165) is 11.9 Å². The number of fused-ring (bicyclic) bond motifs is 1. The highest BCUT2D eigenvalue weighted by Gasteiger charge is 2.39. The third kappa shape index (κ3) is 4.92. The van der Waals surface area contributed by atoms with Gasteiger partial charge in [-0.2, -0.15) is 5.10 Å². The number of rotatable bonds is 6. The number of ether oxygens (including phenoxy) is 1. The van der Waals surface area contributed by atoms with Crippen molar-refractivity contribution in [2.75, 3.05) is 11.4 Å². The van der Waals surface area contributed by atoms with Crippen molar-refractivity contribution in [1.29, 1.82) is 0 Å². The summed E-state index contributed by atoms with van der Waals surface area (Å²) in [6.45, 7) is 12.2. The van der Waals surface area contributed by atoms with Gasteiger partial charge in [-0.3, -0.25) is 14.4 Å². The minimum Gasteiger partial charge on any atom is -0.543 e. The second-order valence-electron chi connectivity index (χ2n) is 9.66. The Kier molecular flexibility index (Phi) is 6.00. The number of carbonyl (C=O) groups excluding carboxylic acids is 1. The van der Waals surface area contributed by atoms with Crippen molar-refractivity contribution in [2.45, 2.75) is 52.1 Å². The molecule has 9 heteroatoms. The molecule has 2 aromatic heterocycles. The fourth-order valence-electron chi connectivity index (χ4n) is 3.27. The van der Waals surface area contributed by atoms with Gasteiger partial charge in [0, 0.05) is 6.54 Å². The first-order chi connectivity index (χ1) is 15.5. The molecule has 0 saturated heterocycles. The van der Waals surface area contributed by atoms with Gasteiger partial charge < -0.3 is 9.16 Å². The van der Waals surface area contributed by atoms with Crippen LogP contribution in [0.3, 0.4) is 0 Å². The van der Waals surface area contributed by atoms with E-state index in [2.05, 4.69) is 43.9 Å². The molecule has 0 saturated carbocycles. The van der Waals surface area contributed by atoms with Gasteiger partial charge >= 0.3 is 0 Å². The second-order valence-corrected chi connectivity index (χ2v) is 14.4. The lowest BCUT2D eigenvalue weighted by molar-refractivity contribution is 0.0961. The standard InChI is InChI=1S/C24H29FN4O3Si/c1-24(2,3)33(4,5)32-20-9-7-19(8-10-20)31-16-18-14-21-23(30)28(12-13-29(21)27-18)22-11-6-17(25)15-26-22/h6-11,14-15H,12-13,16H2,1-5H3. The van der Waals surface area contributed by atoms with Gasteiger partial charge in [0.25, 0.3) is 5.91 Å². The number of hydrogen-bond acceptors (Lipinski definition) is 5. The van der Waals surface area contributed by atoms with Crippen LogP contribution in [0.5, 0.6) is 11.5 Å². The summed E-state index contributed by atoms with van der Waals surface area (Å²) in [5.41, 5.74) is 1.12. The van der Waals surface area contributed by atoms with Gasteiger partial charge in [0.2, 0.25) is 8.32 Å². The molecule has 0 unspecified atom stereocenters. The molecule has 0 N–H and O–H groups in total. The number of aromatic nitrogens is 3. The van der Waals surface area contributed by atoms with Crippen LogP contribution in [0.15, 0.2) is 48.7 Å². The molecule has 1 amide bonds. The van der Waals surface area contributed by atoms with Crippen molar-refractivity contribution < 1.29 is 18.3 Å². The normalized spacial score (nSPS) is 14.2. The van der Waals surface area contributed by atoms with Crippen LogP contribution >= 0.6 is 0 Å². The lowest BCUT2D eigenvalue weighted by Gasteiger charge is -2.36. The molecule has 0 aliphatic carbocycles. The molecule has 0 spiro atoms. The topological polar surface area (TPSA) is 69.5 Å². The highest BCUT2D eigenvalue weighted by molar-refractivity contribution is 6.74. The number of hydrogen-bond donors (Lipinski definition) is 0. The number of benzene rings is 1. The predicted molar refractivity (Wildman–Crippen MR) is 127 cm³/mol. The summed E-state index contributed by atoms with van der Waals surface area (Å²) in [4.78, 5) is 18.4. The average Bonchev–Trinajstić information content (AvgIpc) is 3.17. The lowest BCUT2D eigenvalue weighted by atomic mass is 10.2. The van der Waals surface area contributed by atoms with Crippen LogP contribution in [0.25, 0.3) is 0 Å². The van der Waals surface area contributed by atoms with E-state index in [0.29, 0.717) is 36.0 Å². The Labute approximate surface area is 194 Å². The van der Waals surface area contributed by atoms with E-state index in [1.807, 2.05) is 24.3 Å². The Bertz CT molecular complexity index is 1140. The second kappa shape index (κ2) is 8.62. The first kappa shape index (κ1) is 23.0. The number of nitrogens with zero attached hydrogens (tertiary/aromatic N) is 4. The fourth-order valence-corrected chi connectivity index (χ4v) is 4.30. The molecule has 0 radical (unpaired) electrons. The third-order valence-electron chi connectivity index (χ3n) is 6.21. The smallest absolute Gasteiger partial charge is 0.277 e. The van der Waals surface area contributed by atoms with Crippen molar-refractivity contribution in [1.82, 2.24) is 14.8 Å². The van der Waals surface area contributed by atoms with E-state index >= 15 is 0 Å². The van der Waals surface area contributed by atoms with E-state index in [-0.39, 0.29) is 17.6 Å². The number of halogens is 1. The number of amides is 1. The maximum absolute atomic E-state index is 13.2. The maximum atomic E-state index is 13.2. The Hall–Kier alpha value is -3.20. The molecule has 0 fully saturated rings. The minimum absolute atomic E-state index is 0.127. The van der Waals surface area contributed by atoms with Gasteiger partial charge in [-0.15, -0.1) is 0 Å². The summed E-state index contributed by atoms with van der Waals surface area (Å²) < 4.78 is 27.0. The Morgan fingerprint density at radius 2 is 1.76 bits per heavy atom. The van der Waals surface area contributed by atoms with Crippen LogP contribution in [0.4, 0.5) is 10.2 Å². The van der Waals surface area contributed by atoms with Crippen LogP contribution in [0.2, 0.25) is 18.1 Å². The molecule has 174 valence electrons. The maximum Gasteiger partial charge on any atom is 0.277 e. The van der Waals surface area contributed by atoms with Gasteiger partial charge in [0.15, 0.2) is 0 Å². The first-order valence-electron chi connectivity index (χ1n) is 11.0. The van der Waals surface area contributed by atoms with Crippen molar-refractivity contribution in [2.24, 2.45) is 0 Å². The van der Waals surface area contributed by atoms with Gasteiger partial charge in [0.05, 0.1) is 12.7 Å². The summed E-state index contributed by atoms with van der Waals surface area (Å²) in [6.07, 6.45) is 1.11. The molecule has 0 bridgehead atoms. The summed E-state index contributed by atoms with van der Waals surface area (Å²) in [5, 5.41) is 4.62. The molecule has 3 heterocycles. The van der Waals surface area contributed by atoms with E-state index in [9.17, 15) is 9.18 Å². The molecule has 0 atom stereocenters. The highest BCUT2D eigenvalue weighted by Crippen LogP contribution is 2.37. The molecule has 3 aromatic rings. The van der Waals surface area contributed by atoms with Crippen molar-refractivity contribution in [3.63, 3.8) is 0 Å². The van der Waals surface area contributed by atoms with Gasteiger partial charge in [0.1, 0.15) is 41.1 Å². The molecular weight excluding hydrogens is 439 g/mol. The SMILES string of the molecule is CC(C)(C)[Si](C)(C)Oc1ccc(OCc2cc3n(n2)CCN(c2ccc(F)cn2)C3=O)cc1. The highest BCUT2D eigenvalue weighted by atomic mass is 28.4. The van der Waals surface area contributed by atoms with Crippen molar-refractivity contribution in [3.8, 4) is 11.5 Å². The van der Waals surface area contributed by atoms with E-state index in [1.165, 1.54) is 17.0 Å². The zero-order chi connectivity index (χ0) is 23.8. The van der Waals surface area contributed by atoms with Crippen LogP contribution in [-0.2, 0) is 13.2 Å². The Morgan fingerprint density at radius 1 is 1.06 bits per heavy atom. The molecule has 1 aliphatic heterocycles. The van der Waals surface area contributed by atoms with Gasteiger partial charge in [-0.05, 0) is 60.6 Å². The molecule has 33 heavy (non-hydrogen) atoms. The zero-order valence-corrected chi connectivity index (χ0v) is 20.6. The summed E-state index contributed by atoms with van der Waals surface area (Å²) in [6, 6.07) is 12.1. The zero-order valence-electron chi connectivity index (χ0n) is 19.6. The predicted octanol–water partition coefficient (Wildman–Crippen LogP) is 5.04. The fraction of sp³-hybridized carbons (Fsp3) is 0.375. The van der Waals surface area contributed by atoms with Crippen LogP contribution in [0, 0.1) is 5.82 Å². The van der Waals surface area contributed by atoms with E-state index in [4.69, 9.17) is 9.16 Å². The third-order valence-corrected chi connectivity index (χ3v) is 10.6.